The van der Waals surface area contributed by atoms with Crippen LogP contribution in [0.15, 0.2) is 60.7 Å². The molecule has 0 saturated carbocycles. The number of anilines is 2. The SMILES string of the molecule is Cc1ccc(NC(=S)NCCN(CCNC(=S)Nc2ccc(C)cc2C)Cc2ccccc2O)c(C)c1. The van der Waals surface area contributed by atoms with Crippen molar-refractivity contribution in [1.82, 2.24) is 15.5 Å². The number of nitrogens with one attached hydrogen (secondary N) is 4. The Labute approximate surface area is 231 Å². The maximum absolute atomic E-state index is 10.3. The molecule has 0 aliphatic rings. The van der Waals surface area contributed by atoms with Crippen molar-refractivity contribution in [3.05, 3.63) is 88.5 Å². The van der Waals surface area contributed by atoms with E-state index in [9.17, 15) is 5.11 Å². The van der Waals surface area contributed by atoms with E-state index in [0.29, 0.717) is 35.6 Å². The molecule has 6 nitrogen and oxygen atoms in total. The molecule has 0 saturated heterocycles. The molecular formula is C29H37N5OS2. The first kappa shape index (κ1) is 28.4. The molecule has 3 rings (SSSR count). The van der Waals surface area contributed by atoms with E-state index in [1.807, 2.05) is 30.3 Å². The van der Waals surface area contributed by atoms with Crippen LogP contribution in [0.1, 0.15) is 27.8 Å². The molecule has 196 valence electrons. The number of thiocarbonyl (C=S) groups is 2. The van der Waals surface area contributed by atoms with Crippen LogP contribution in [-0.4, -0.2) is 46.4 Å². The predicted molar refractivity (Wildman–Crippen MR) is 164 cm³/mol. The summed E-state index contributed by atoms with van der Waals surface area (Å²) in [7, 11) is 0. The Kier molecular flexibility index (Phi) is 10.7. The average Bonchev–Trinajstić information content (AvgIpc) is 2.84. The van der Waals surface area contributed by atoms with E-state index in [1.54, 1.807) is 6.07 Å². The zero-order chi connectivity index (χ0) is 26.8. The second-order valence-electron chi connectivity index (χ2n) is 9.30. The van der Waals surface area contributed by atoms with E-state index < -0.39 is 0 Å². The molecule has 0 bridgehead atoms. The lowest BCUT2D eigenvalue weighted by Gasteiger charge is -2.24. The van der Waals surface area contributed by atoms with Crippen molar-refractivity contribution in [2.75, 3.05) is 36.8 Å². The highest BCUT2D eigenvalue weighted by molar-refractivity contribution is 7.80. The number of phenolic OH excluding ortho intramolecular Hbond substituents is 1. The third kappa shape index (κ3) is 9.31. The van der Waals surface area contributed by atoms with E-state index in [1.165, 1.54) is 11.1 Å². The Bertz CT molecular complexity index is 1160. The fraction of sp³-hybridized carbons (Fsp3) is 0.310. The minimum atomic E-state index is 0.299. The number of aromatic hydroxyl groups is 1. The summed E-state index contributed by atoms with van der Waals surface area (Å²) in [5.41, 5.74) is 7.64. The summed E-state index contributed by atoms with van der Waals surface area (Å²) in [6, 6.07) is 19.9. The maximum atomic E-state index is 10.3. The Morgan fingerprint density at radius 1 is 0.730 bits per heavy atom. The van der Waals surface area contributed by atoms with Crippen LogP contribution in [0.5, 0.6) is 5.75 Å². The van der Waals surface area contributed by atoms with Crippen LogP contribution in [0.3, 0.4) is 0 Å². The molecule has 5 N–H and O–H groups in total. The van der Waals surface area contributed by atoms with Gasteiger partial charge in [-0.1, -0.05) is 53.6 Å². The van der Waals surface area contributed by atoms with Crippen molar-refractivity contribution >= 4 is 46.0 Å². The van der Waals surface area contributed by atoms with Gasteiger partial charge >= 0.3 is 0 Å². The monoisotopic (exact) mass is 535 g/mol. The molecule has 3 aromatic rings. The van der Waals surface area contributed by atoms with E-state index in [-0.39, 0.29) is 0 Å². The quantitative estimate of drug-likeness (QED) is 0.221. The summed E-state index contributed by atoms with van der Waals surface area (Å²) in [6.07, 6.45) is 0. The standard InChI is InChI=1S/C29H37N5OS2/c1-20-9-11-25(22(3)17-20)32-28(36)30-13-15-34(19-24-7-5-6-8-27(24)35)16-14-31-29(37)33-26-12-10-21(2)18-23(26)4/h5-12,17-18,35H,13-16,19H2,1-4H3,(H2,30,32,36)(H2,31,33,37). The number of hydrogen-bond donors (Lipinski definition) is 5. The predicted octanol–water partition coefficient (Wildman–Crippen LogP) is 5.40. The molecule has 0 aromatic heterocycles. The molecule has 0 amide bonds. The number of hydrogen-bond acceptors (Lipinski definition) is 4. The third-order valence-electron chi connectivity index (χ3n) is 6.07. The summed E-state index contributed by atoms with van der Waals surface area (Å²) in [4.78, 5) is 2.26. The molecule has 0 fully saturated rings. The molecule has 0 spiro atoms. The van der Waals surface area contributed by atoms with Crippen LogP contribution in [0.25, 0.3) is 0 Å². The minimum absolute atomic E-state index is 0.299. The largest absolute Gasteiger partial charge is 0.508 e. The van der Waals surface area contributed by atoms with E-state index in [4.69, 9.17) is 24.4 Å². The number of rotatable bonds is 10. The molecule has 3 aromatic carbocycles. The maximum Gasteiger partial charge on any atom is 0.170 e. The number of nitrogens with zero attached hydrogens (tertiary/aromatic N) is 1. The first-order valence-electron chi connectivity index (χ1n) is 12.4. The van der Waals surface area contributed by atoms with Gasteiger partial charge in [0.25, 0.3) is 0 Å². The van der Waals surface area contributed by atoms with Crippen molar-refractivity contribution in [3.8, 4) is 5.75 Å². The van der Waals surface area contributed by atoms with Gasteiger partial charge in [-0.25, -0.2) is 0 Å². The highest BCUT2D eigenvalue weighted by Gasteiger charge is 2.10. The lowest BCUT2D eigenvalue weighted by atomic mass is 10.1. The van der Waals surface area contributed by atoms with Gasteiger partial charge in [0, 0.05) is 49.7 Å². The van der Waals surface area contributed by atoms with Gasteiger partial charge < -0.3 is 26.4 Å². The summed E-state index contributed by atoms with van der Waals surface area (Å²) in [5, 5.41) is 24.6. The van der Waals surface area contributed by atoms with Gasteiger partial charge in [-0.05, 0) is 81.5 Å². The van der Waals surface area contributed by atoms with Crippen molar-refractivity contribution in [2.24, 2.45) is 0 Å². The Hall–Kier alpha value is -3.20. The topological polar surface area (TPSA) is 71.6 Å². The normalized spacial score (nSPS) is 10.7. The summed E-state index contributed by atoms with van der Waals surface area (Å²) in [5.74, 6) is 0.299. The number of aryl methyl sites for hydroxylation is 4. The van der Waals surface area contributed by atoms with Crippen molar-refractivity contribution in [3.63, 3.8) is 0 Å². The molecule has 0 atom stereocenters. The second kappa shape index (κ2) is 13.9. The van der Waals surface area contributed by atoms with Crippen LogP contribution < -0.4 is 21.3 Å². The summed E-state index contributed by atoms with van der Waals surface area (Å²) >= 11 is 11.0. The number of benzene rings is 3. The van der Waals surface area contributed by atoms with Crippen LogP contribution >= 0.6 is 24.4 Å². The van der Waals surface area contributed by atoms with Crippen LogP contribution in [0.4, 0.5) is 11.4 Å². The second-order valence-corrected chi connectivity index (χ2v) is 10.1. The summed E-state index contributed by atoms with van der Waals surface area (Å²) in [6.45, 7) is 11.7. The lowest BCUT2D eigenvalue weighted by Crippen LogP contribution is -2.41. The molecule has 0 aliphatic heterocycles. The highest BCUT2D eigenvalue weighted by Crippen LogP contribution is 2.18. The smallest absolute Gasteiger partial charge is 0.170 e. The Morgan fingerprint density at radius 2 is 1.22 bits per heavy atom. The van der Waals surface area contributed by atoms with Gasteiger partial charge in [-0.2, -0.15) is 0 Å². The van der Waals surface area contributed by atoms with Crippen LogP contribution in [0.2, 0.25) is 0 Å². The minimum Gasteiger partial charge on any atom is -0.508 e. The van der Waals surface area contributed by atoms with Crippen LogP contribution in [0, 0.1) is 27.7 Å². The van der Waals surface area contributed by atoms with Crippen molar-refractivity contribution in [1.29, 1.82) is 0 Å². The zero-order valence-corrected chi connectivity index (χ0v) is 23.7. The van der Waals surface area contributed by atoms with E-state index in [0.717, 1.165) is 41.2 Å². The average molecular weight is 536 g/mol. The van der Waals surface area contributed by atoms with Gasteiger partial charge in [-0.3, -0.25) is 4.90 Å². The summed E-state index contributed by atoms with van der Waals surface area (Å²) < 4.78 is 0. The first-order chi connectivity index (χ1) is 17.7. The lowest BCUT2D eigenvalue weighted by molar-refractivity contribution is 0.270. The molecule has 37 heavy (non-hydrogen) atoms. The van der Waals surface area contributed by atoms with Crippen molar-refractivity contribution < 1.29 is 5.11 Å². The van der Waals surface area contributed by atoms with Gasteiger partial charge in [0.2, 0.25) is 0 Å². The van der Waals surface area contributed by atoms with Gasteiger partial charge in [0.05, 0.1) is 0 Å². The molecule has 0 radical (unpaired) electrons. The molecule has 8 heteroatoms. The number of para-hydroxylation sites is 1. The van der Waals surface area contributed by atoms with Gasteiger partial charge in [0.1, 0.15) is 5.75 Å². The molecule has 0 heterocycles. The fourth-order valence-electron chi connectivity index (χ4n) is 4.05. The highest BCUT2D eigenvalue weighted by atomic mass is 32.1. The number of phenols is 1. The third-order valence-corrected chi connectivity index (χ3v) is 6.57. The fourth-order valence-corrected chi connectivity index (χ4v) is 4.48. The van der Waals surface area contributed by atoms with E-state index >= 15 is 0 Å². The molecular weight excluding hydrogens is 498 g/mol. The van der Waals surface area contributed by atoms with E-state index in [2.05, 4.69) is 78.1 Å². The first-order valence-corrected chi connectivity index (χ1v) is 13.3. The Morgan fingerprint density at radius 3 is 1.68 bits per heavy atom. The van der Waals surface area contributed by atoms with Gasteiger partial charge in [-0.15, -0.1) is 0 Å². The zero-order valence-electron chi connectivity index (χ0n) is 22.0. The molecule has 0 unspecified atom stereocenters. The van der Waals surface area contributed by atoms with Crippen molar-refractivity contribution in [2.45, 2.75) is 34.2 Å². The van der Waals surface area contributed by atoms with Gasteiger partial charge in [0.15, 0.2) is 10.2 Å². The molecule has 0 aliphatic carbocycles. The van der Waals surface area contributed by atoms with Crippen LogP contribution in [-0.2, 0) is 6.54 Å². The Balaban J connectivity index is 1.52.